The van der Waals surface area contributed by atoms with Crippen LogP contribution in [0.2, 0.25) is 0 Å². The highest BCUT2D eigenvalue weighted by atomic mass is 16.4. The first-order valence-corrected chi connectivity index (χ1v) is 11.0. The molecule has 2 unspecified atom stereocenters. The van der Waals surface area contributed by atoms with E-state index in [-0.39, 0.29) is 17.5 Å². The monoisotopic (exact) mass is 424 g/mol. The first-order valence-electron chi connectivity index (χ1n) is 11.0. The van der Waals surface area contributed by atoms with E-state index in [1.165, 1.54) is 5.56 Å². The minimum Gasteiger partial charge on any atom is -0.420 e. The number of benzene rings is 2. The number of carbonyl (C=O) groups excluding carboxylic acids is 1. The van der Waals surface area contributed by atoms with Gasteiger partial charge >= 0.3 is 0 Å². The topological polar surface area (TPSA) is 73.4 Å². The number of aromatic nitrogens is 1. The number of hydrogen-bond donors (Lipinski definition) is 0. The van der Waals surface area contributed by atoms with Crippen LogP contribution in [-0.2, 0) is 4.79 Å². The molecule has 6 heteroatoms. The number of rotatable bonds is 5. The van der Waals surface area contributed by atoms with Crippen LogP contribution < -0.4 is 4.90 Å². The average molecular weight is 425 g/mol. The summed E-state index contributed by atoms with van der Waals surface area (Å²) in [6, 6.07) is 22.3. The van der Waals surface area contributed by atoms with Crippen molar-refractivity contribution >= 4 is 23.9 Å². The maximum absolute atomic E-state index is 12.9. The minimum absolute atomic E-state index is 0.0959. The van der Waals surface area contributed by atoms with Crippen molar-refractivity contribution in [3.8, 4) is 6.07 Å². The van der Waals surface area contributed by atoms with Crippen LogP contribution in [0.25, 0.3) is 12.2 Å². The smallest absolute Gasteiger partial charge is 0.235 e. The SMILES string of the molecule is N#Cc1nc(/C=C/c2ccccc2)oc1N1CCN(C(=O)C2CC2c2ccccc2)CC1. The largest absolute Gasteiger partial charge is 0.420 e. The Morgan fingerprint density at radius 3 is 2.38 bits per heavy atom. The van der Waals surface area contributed by atoms with Crippen LogP contribution in [0.4, 0.5) is 5.88 Å². The van der Waals surface area contributed by atoms with Gasteiger partial charge in [-0.1, -0.05) is 60.7 Å². The zero-order valence-electron chi connectivity index (χ0n) is 17.7. The Bertz CT molecular complexity index is 1160. The van der Waals surface area contributed by atoms with Crippen molar-refractivity contribution in [1.29, 1.82) is 5.26 Å². The average Bonchev–Trinajstić information content (AvgIpc) is 3.55. The van der Waals surface area contributed by atoms with Gasteiger partial charge in [0.25, 0.3) is 0 Å². The third-order valence-corrected chi connectivity index (χ3v) is 6.16. The second-order valence-electron chi connectivity index (χ2n) is 8.23. The predicted molar refractivity (Wildman–Crippen MR) is 123 cm³/mol. The fourth-order valence-electron chi connectivity index (χ4n) is 4.32. The number of nitriles is 1. The Balaban J connectivity index is 1.21. The van der Waals surface area contributed by atoms with Gasteiger partial charge in [0.2, 0.25) is 23.4 Å². The van der Waals surface area contributed by atoms with Gasteiger partial charge < -0.3 is 14.2 Å². The second kappa shape index (κ2) is 8.72. The van der Waals surface area contributed by atoms with Crippen molar-refractivity contribution in [3.05, 3.63) is 83.4 Å². The highest BCUT2D eigenvalue weighted by molar-refractivity contribution is 5.83. The summed E-state index contributed by atoms with van der Waals surface area (Å²) >= 11 is 0. The fourth-order valence-corrected chi connectivity index (χ4v) is 4.32. The maximum Gasteiger partial charge on any atom is 0.235 e. The van der Waals surface area contributed by atoms with Crippen molar-refractivity contribution in [2.75, 3.05) is 31.1 Å². The molecule has 0 spiro atoms. The molecule has 3 aromatic rings. The number of nitrogens with zero attached hydrogens (tertiary/aromatic N) is 4. The molecule has 2 atom stereocenters. The number of piperazine rings is 1. The molecule has 1 aliphatic heterocycles. The number of hydrogen-bond acceptors (Lipinski definition) is 5. The van der Waals surface area contributed by atoms with E-state index in [1.54, 1.807) is 6.08 Å². The van der Waals surface area contributed by atoms with Crippen molar-refractivity contribution in [1.82, 2.24) is 9.88 Å². The molecule has 160 valence electrons. The van der Waals surface area contributed by atoms with Crippen LogP contribution in [0.3, 0.4) is 0 Å². The molecule has 0 radical (unpaired) electrons. The van der Waals surface area contributed by atoms with E-state index in [0.717, 1.165) is 12.0 Å². The molecule has 2 heterocycles. The summed E-state index contributed by atoms with van der Waals surface area (Å²) in [4.78, 5) is 21.2. The molecule has 2 fully saturated rings. The molecule has 1 saturated carbocycles. The minimum atomic E-state index is 0.0959. The lowest BCUT2D eigenvalue weighted by Gasteiger charge is -2.34. The van der Waals surface area contributed by atoms with E-state index in [2.05, 4.69) is 23.2 Å². The van der Waals surface area contributed by atoms with Crippen LogP contribution in [0, 0.1) is 17.2 Å². The van der Waals surface area contributed by atoms with Gasteiger partial charge in [-0.15, -0.1) is 0 Å². The molecule has 2 aromatic carbocycles. The number of oxazole rings is 1. The van der Waals surface area contributed by atoms with Gasteiger partial charge in [-0.05, 0) is 29.5 Å². The molecular formula is C26H24N4O2. The summed E-state index contributed by atoms with van der Waals surface area (Å²) in [6.45, 7) is 2.50. The van der Waals surface area contributed by atoms with Crippen LogP contribution >= 0.6 is 0 Å². The molecule has 1 saturated heterocycles. The van der Waals surface area contributed by atoms with Gasteiger partial charge in [0.1, 0.15) is 6.07 Å². The highest BCUT2D eigenvalue weighted by Gasteiger charge is 2.46. The highest BCUT2D eigenvalue weighted by Crippen LogP contribution is 2.48. The van der Waals surface area contributed by atoms with E-state index >= 15 is 0 Å². The summed E-state index contributed by atoms with van der Waals surface area (Å²) < 4.78 is 5.90. The lowest BCUT2D eigenvalue weighted by molar-refractivity contribution is -0.133. The van der Waals surface area contributed by atoms with E-state index in [0.29, 0.717) is 43.9 Å². The van der Waals surface area contributed by atoms with E-state index in [1.807, 2.05) is 64.4 Å². The third-order valence-electron chi connectivity index (χ3n) is 6.16. The molecule has 6 nitrogen and oxygen atoms in total. The van der Waals surface area contributed by atoms with Crippen molar-refractivity contribution < 1.29 is 9.21 Å². The zero-order chi connectivity index (χ0) is 21.9. The van der Waals surface area contributed by atoms with Crippen molar-refractivity contribution in [2.24, 2.45) is 5.92 Å². The van der Waals surface area contributed by atoms with Crippen LogP contribution in [0.1, 0.15) is 35.1 Å². The molecule has 1 aliphatic carbocycles. The summed E-state index contributed by atoms with van der Waals surface area (Å²) in [7, 11) is 0. The Kier molecular flexibility index (Phi) is 5.47. The zero-order valence-corrected chi connectivity index (χ0v) is 17.7. The Morgan fingerprint density at radius 2 is 1.69 bits per heavy atom. The number of anilines is 1. The van der Waals surface area contributed by atoms with E-state index in [4.69, 9.17) is 4.42 Å². The van der Waals surface area contributed by atoms with Gasteiger partial charge in [0.15, 0.2) is 0 Å². The van der Waals surface area contributed by atoms with Gasteiger partial charge in [-0.2, -0.15) is 10.2 Å². The van der Waals surface area contributed by atoms with Gasteiger partial charge in [0, 0.05) is 38.2 Å². The van der Waals surface area contributed by atoms with Gasteiger partial charge in [0.05, 0.1) is 0 Å². The molecular weight excluding hydrogens is 400 g/mol. The Morgan fingerprint density at radius 1 is 1.00 bits per heavy atom. The Labute approximate surface area is 187 Å². The molecule has 5 rings (SSSR count). The number of amides is 1. The van der Waals surface area contributed by atoms with E-state index < -0.39 is 0 Å². The van der Waals surface area contributed by atoms with Crippen molar-refractivity contribution in [2.45, 2.75) is 12.3 Å². The number of carbonyl (C=O) groups is 1. The standard InChI is InChI=1S/C26H24N4O2/c27-18-23-26(32-24(28-23)12-11-19-7-3-1-4-8-19)30-15-13-29(14-16-30)25(31)22-17-21(22)20-9-5-2-6-10-20/h1-12,21-22H,13-17H2/b12-11+. The summed E-state index contributed by atoms with van der Waals surface area (Å²) in [6.07, 6.45) is 4.61. The molecule has 1 aromatic heterocycles. The molecule has 1 amide bonds. The van der Waals surface area contributed by atoms with Gasteiger partial charge in [-0.3, -0.25) is 4.79 Å². The fraction of sp³-hybridized carbons (Fsp3) is 0.269. The van der Waals surface area contributed by atoms with Crippen LogP contribution in [0.15, 0.2) is 65.1 Å². The second-order valence-corrected chi connectivity index (χ2v) is 8.23. The molecule has 2 aliphatic rings. The molecule has 32 heavy (non-hydrogen) atoms. The molecule has 0 N–H and O–H groups in total. The predicted octanol–water partition coefficient (Wildman–Crippen LogP) is 4.17. The summed E-state index contributed by atoms with van der Waals surface area (Å²) in [5.41, 5.74) is 2.57. The third kappa shape index (κ3) is 4.15. The van der Waals surface area contributed by atoms with Crippen molar-refractivity contribution in [3.63, 3.8) is 0 Å². The quantitative estimate of drug-likeness (QED) is 0.615. The normalized spacial score (nSPS) is 20.3. The van der Waals surface area contributed by atoms with Crippen LogP contribution in [-0.4, -0.2) is 42.0 Å². The first kappa shape index (κ1) is 20.1. The van der Waals surface area contributed by atoms with Gasteiger partial charge in [-0.25, -0.2) is 0 Å². The lowest BCUT2D eigenvalue weighted by Crippen LogP contribution is -2.49. The lowest BCUT2D eigenvalue weighted by atomic mass is 10.1. The summed E-state index contributed by atoms with van der Waals surface area (Å²) in [5, 5.41) is 9.52. The maximum atomic E-state index is 12.9. The van der Waals surface area contributed by atoms with Crippen LogP contribution in [0.5, 0.6) is 0 Å². The summed E-state index contributed by atoms with van der Waals surface area (Å²) in [5.74, 6) is 1.57. The van der Waals surface area contributed by atoms with E-state index in [9.17, 15) is 10.1 Å². The molecule has 0 bridgehead atoms. The Hall–Kier alpha value is -3.85. The first-order chi connectivity index (χ1) is 15.7.